The predicted octanol–water partition coefficient (Wildman–Crippen LogP) is 5.84. The Morgan fingerprint density at radius 1 is 0.500 bits per heavy atom. The maximum Gasteiger partial charge on any atom is 0.110 e. The fourth-order valence-corrected chi connectivity index (χ4v) is 4.89. The minimum Gasteiger partial charge on any atom is -0.323 e. The fraction of sp³-hybridized carbons (Fsp3) is 0.200. The Kier molecular flexibility index (Phi) is 6.23. The number of aryl methyl sites for hydroxylation is 2. The van der Waals surface area contributed by atoms with E-state index in [1.807, 2.05) is 24.8 Å². The number of imidazole rings is 2. The second-order valence-electron chi connectivity index (χ2n) is 9.12. The van der Waals surface area contributed by atoms with Gasteiger partial charge < -0.3 is 9.13 Å². The molecule has 6 aromatic rings. The highest BCUT2D eigenvalue weighted by Crippen LogP contribution is 2.22. The van der Waals surface area contributed by atoms with E-state index in [4.69, 9.17) is 9.97 Å². The molecular formula is C30H28N6. The number of aromatic nitrogens is 6. The largest absolute Gasteiger partial charge is 0.323 e. The topological polar surface area (TPSA) is 61.4 Å². The van der Waals surface area contributed by atoms with Crippen molar-refractivity contribution >= 4 is 22.1 Å². The normalized spacial score (nSPS) is 11.4. The summed E-state index contributed by atoms with van der Waals surface area (Å²) in [7, 11) is 0. The molecule has 0 saturated carbocycles. The van der Waals surface area contributed by atoms with Crippen LogP contribution < -0.4 is 0 Å². The molecular weight excluding hydrogens is 444 g/mol. The highest BCUT2D eigenvalue weighted by atomic mass is 15.1. The average molecular weight is 473 g/mol. The smallest absolute Gasteiger partial charge is 0.110 e. The maximum absolute atomic E-state index is 4.98. The number of fused-ring (bicyclic) bond motifs is 2. The first-order valence-electron chi connectivity index (χ1n) is 12.5. The van der Waals surface area contributed by atoms with Crippen molar-refractivity contribution in [1.29, 1.82) is 0 Å². The van der Waals surface area contributed by atoms with Crippen molar-refractivity contribution in [3.63, 3.8) is 0 Å². The lowest BCUT2D eigenvalue weighted by atomic mass is 10.1. The third kappa shape index (κ3) is 4.62. The van der Waals surface area contributed by atoms with E-state index in [1.165, 1.54) is 22.2 Å². The first kappa shape index (κ1) is 22.2. The van der Waals surface area contributed by atoms with Crippen LogP contribution in [0.15, 0.2) is 97.6 Å². The summed E-state index contributed by atoms with van der Waals surface area (Å²) in [5.74, 6) is 2.27. The van der Waals surface area contributed by atoms with E-state index in [2.05, 4.69) is 91.9 Å². The summed E-state index contributed by atoms with van der Waals surface area (Å²) < 4.78 is 4.70. The Hall–Kier alpha value is -4.32. The molecule has 0 N–H and O–H groups in total. The van der Waals surface area contributed by atoms with Gasteiger partial charge in [-0.2, -0.15) is 0 Å². The van der Waals surface area contributed by atoms with Crippen LogP contribution in [0.5, 0.6) is 0 Å². The summed E-state index contributed by atoms with van der Waals surface area (Å²) in [6.07, 6.45) is 11.4. The quantitative estimate of drug-likeness (QED) is 0.248. The minimum atomic E-state index is 0.806. The van der Waals surface area contributed by atoms with Crippen molar-refractivity contribution in [3.05, 3.63) is 120 Å². The van der Waals surface area contributed by atoms with Crippen molar-refractivity contribution in [3.8, 4) is 0 Å². The standard InChI is InChI=1S/C30H28N6/c1-3-9-27-25(7-1)33-29(35(27)21-23-13-17-31-18-14-23)11-5-6-12-30-34-26-8-2-4-10-28(26)36(30)22-24-15-19-32-20-16-24/h1-4,7-10,13-20H,5-6,11-12,21-22H2. The van der Waals surface area contributed by atoms with Gasteiger partial charge >= 0.3 is 0 Å². The van der Waals surface area contributed by atoms with Gasteiger partial charge in [-0.15, -0.1) is 0 Å². The van der Waals surface area contributed by atoms with Gasteiger partial charge in [0.2, 0.25) is 0 Å². The van der Waals surface area contributed by atoms with E-state index in [0.29, 0.717) is 0 Å². The monoisotopic (exact) mass is 472 g/mol. The van der Waals surface area contributed by atoms with Crippen LogP contribution in [-0.4, -0.2) is 29.1 Å². The van der Waals surface area contributed by atoms with Crippen molar-refractivity contribution in [2.24, 2.45) is 0 Å². The molecule has 0 aliphatic carbocycles. The average Bonchev–Trinajstić information content (AvgIpc) is 3.45. The molecule has 0 radical (unpaired) electrons. The molecule has 36 heavy (non-hydrogen) atoms. The Balaban J connectivity index is 1.19. The van der Waals surface area contributed by atoms with E-state index in [0.717, 1.165) is 61.5 Å². The zero-order valence-electron chi connectivity index (χ0n) is 20.2. The number of pyridine rings is 2. The lowest BCUT2D eigenvalue weighted by Gasteiger charge is -2.11. The van der Waals surface area contributed by atoms with Gasteiger partial charge in [0, 0.05) is 50.7 Å². The lowest BCUT2D eigenvalue weighted by Crippen LogP contribution is -2.07. The Morgan fingerprint density at radius 2 is 0.917 bits per heavy atom. The third-order valence-corrected chi connectivity index (χ3v) is 6.70. The van der Waals surface area contributed by atoms with Gasteiger partial charge in [-0.1, -0.05) is 24.3 Å². The molecule has 6 heteroatoms. The number of unbranched alkanes of at least 4 members (excludes halogenated alkanes) is 1. The van der Waals surface area contributed by atoms with E-state index < -0.39 is 0 Å². The van der Waals surface area contributed by atoms with Gasteiger partial charge in [-0.05, 0) is 72.5 Å². The number of nitrogens with zero attached hydrogens (tertiary/aromatic N) is 6. The van der Waals surface area contributed by atoms with Crippen LogP contribution in [0.2, 0.25) is 0 Å². The van der Waals surface area contributed by atoms with Gasteiger partial charge in [0.1, 0.15) is 11.6 Å². The van der Waals surface area contributed by atoms with E-state index in [-0.39, 0.29) is 0 Å². The first-order valence-corrected chi connectivity index (χ1v) is 12.5. The molecule has 2 aromatic carbocycles. The van der Waals surface area contributed by atoms with Gasteiger partial charge in [0.05, 0.1) is 22.1 Å². The molecule has 0 aliphatic rings. The summed E-state index contributed by atoms with van der Waals surface area (Å²) >= 11 is 0. The number of hydrogen-bond acceptors (Lipinski definition) is 4. The van der Waals surface area contributed by atoms with Crippen LogP contribution in [0.4, 0.5) is 0 Å². The second-order valence-corrected chi connectivity index (χ2v) is 9.12. The fourth-order valence-electron chi connectivity index (χ4n) is 4.89. The minimum absolute atomic E-state index is 0.806. The number of benzene rings is 2. The summed E-state index contributed by atoms with van der Waals surface area (Å²) in [6.45, 7) is 1.61. The van der Waals surface area contributed by atoms with Crippen molar-refractivity contribution < 1.29 is 0 Å². The van der Waals surface area contributed by atoms with Gasteiger partial charge in [0.25, 0.3) is 0 Å². The molecule has 0 atom stereocenters. The zero-order valence-corrected chi connectivity index (χ0v) is 20.2. The van der Waals surface area contributed by atoms with Crippen LogP contribution in [-0.2, 0) is 25.9 Å². The van der Waals surface area contributed by atoms with Crippen LogP contribution in [0.25, 0.3) is 22.1 Å². The SMILES string of the molecule is c1ccc2c(c1)nc(CCCCc1nc3ccccc3n1Cc1ccncc1)n2Cc1ccncc1. The number of para-hydroxylation sites is 4. The number of hydrogen-bond donors (Lipinski definition) is 0. The molecule has 0 amide bonds. The van der Waals surface area contributed by atoms with E-state index in [9.17, 15) is 0 Å². The van der Waals surface area contributed by atoms with Gasteiger partial charge in [-0.25, -0.2) is 9.97 Å². The van der Waals surface area contributed by atoms with Crippen LogP contribution in [0.3, 0.4) is 0 Å². The molecule has 4 aromatic heterocycles. The molecule has 0 spiro atoms. The summed E-state index contributed by atoms with van der Waals surface area (Å²) in [6, 6.07) is 25.1. The molecule has 0 unspecified atom stereocenters. The Morgan fingerprint density at radius 3 is 1.36 bits per heavy atom. The zero-order chi connectivity index (χ0) is 24.2. The van der Waals surface area contributed by atoms with Crippen LogP contribution in [0.1, 0.15) is 35.6 Å². The highest BCUT2D eigenvalue weighted by Gasteiger charge is 2.13. The molecule has 6 rings (SSSR count). The molecule has 6 nitrogen and oxygen atoms in total. The maximum atomic E-state index is 4.98. The second kappa shape index (κ2) is 10.1. The summed E-state index contributed by atoms with van der Waals surface area (Å²) in [4.78, 5) is 18.3. The van der Waals surface area contributed by atoms with Gasteiger partial charge in [-0.3, -0.25) is 9.97 Å². The first-order chi connectivity index (χ1) is 17.8. The molecule has 4 heterocycles. The van der Waals surface area contributed by atoms with Crippen LogP contribution >= 0.6 is 0 Å². The third-order valence-electron chi connectivity index (χ3n) is 6.70. The predicted molar refractivity (Wildman–Crippen MR) is 143 cm³/mol. The summed E-state index contributed by atoms with van der Waals surface area (Å²) in [5.41, 5.74) is 6.95. The van der Waals surface area contributed by atoms with Crippen molar-refractivity contribution in [2.45, 2.75) is 38.8 Å². The summed E-state index contributed by atoms with van der Waals surface area (Å²) in [5, 5.41) is 0. The molecule has 0 saturated heterocycles. The molecule has 0 aliphatic heterocycles. The molecule has 0 bridgehead atoms. The Labute approximate surface area is 210 Å². The molecule has 178 valence electrons. The highest BCUT2D eigenvalue weighted by molar-refractivity contribution is 5.76. The van der Waals surface area contributed by atoms with Crippen LogP contribution in [0, 0.1) is 0 Å². The Bertz CT molecular complexity index is 1460. The molecule has 0 fully saturated rings. The van der Waals surface area contributed by atoms with Crippen molar-refractivity contribution in [1.82, 2.24) is 29.1 Å². The van der Waals surface area contributed by atoms with E-state index in [1.54, 1.807) is 0 Å². The van der Waals surface area contributed by atoms with Crippen molar-refractivity contribution in [2.75, 3.05) is 0 Å². The van der Waals surface area contributed by atoms with Gasteiger partial charge in [0.15, 0.2) is 0 Å². The lowest BCUT2D eigenvalue weighted by molar-refractivity contribution is 0.638. The van der Waals surface area contributed by atoms with E-state index >= 15 is 0 Å². The number of rotatable bonds is 9.